The molecule has 0 aromatic heterocycles. The first-order valence-electron chi connectivity index (χ1n) is 13.6. The number of likely N-dealkylation sites (tertiary alicyclic amines) is 2. The summed E-state index contributed by atoms with van der Waals surface area (Å²) in [6.07, 6.45) is 10.3. The van der Waals surface area contributed by atoms with Crippen LogP contribution in [0, 0.1) is 17.8 Å². The lowest BCUT2D eigenvalue weighted by Crippen LogP contribution is -2.60. The average molecular weight is 478 g/mol. The van der Waals surface area contributed by atoms with Crippen molar-refractivity contribution in [3.63, 3.8) is 0 Å². The molecule has 0 saturated carbocycles. The van der Waals surface area contributed by atoms with Crippen molar-refractivity contribution in [1.82, 2.24) is 14.7 Å². The minimum absolute atomic E-state index is 0.0753. The van der Waals surface area contributed by atoms with Crippen molar-refractivity contribution >= 4 is 11.8 Å². The molecule has 2 bridgehead atoms. The van der Waals surface area contributed by atoms with Gasteiger partial charge < -0.3 is 19.3 Å². The number of ether oxygens (including phenoxy) is 2. The average Bonchev–Trinajstić information content (AvgIpc) is 3.49. The van der Waals surface area contributed by atoms with Crippen molar-refractivity contribution in [2.75, 3.05) is 33.0 Å². The smallest absolute Gasteiger partial charge is 0.231 e. The third-order valence-electron chi connectivity index (χ3n) is 9.31. The van der Waals surface area contributed by atoms with Gasteiger partial charge in [-0.2, -0.15) is 0 Å². The summed E-state index contributed by atoms with van der Waals surface area (Å²) in [7, 11) is 0. The van der Waals surface area contributed by atoms with E-state index in [2.05, 4.69) is 15.9 Å². The molecule has 5 heterocycles. The topological polar surface area (TPSA) is 62.3 Å². The minimum Gasteiger partial charge on any atom is -0.454 e. The first kappa shape index (κ1) is 21.7. The first-order valence-corrected chi connectivity index (χ1v) is 13.6. The molecule has 1 aliphatic carbocycles. The molecule has 7 heteroatoms. The van der Waals surface area contributed by atoms with Crippen molar-refractivity contribution in [1.29, 1.82) is 0 Å². The summed E-state index contributed by atoms with van der Waals surface area (Å²) in [6, 6.07) is 6.79. The molecule has 0 radical (unpaired) electrons. The number of benzene rings is 1. The van der Waals surface area contributed by atoms with E-state index in [1.165, 1.54) is 37.8 Å². The lowest BCUT2D eigenvalue weighted by atomic mass is 9.68. The lowest BCUT2D eigenvalue weighted by Gasteiger charge is -2.55. The largest absolute Gasteiger partial charge is 0.454 e. The van der Waals surface area contributed by atoms with Crippen molar-refractivity contribution in [2.24, 2.45) is 17.8 Å². The highest BCUT2D eigenvalue weighted by Crippen LogP contribution is 2.45. The maximum atomic E-state index is 13.9. The summed E-state index contributed by atoms with van der Waals surface area (Å²) >= 11 is 0. The Morgan fingerprint density at radius 1 is 1.06 bits per heavy atom. The summed E-state index contributed by atoms with van der Waals surface area (Å²) in [5, 5.41) is 0. The van der Waals surface area contributed by atoms with E-state index in [1.807, 2.05) is 23.1 Å². The van der Waals surface area contributed by atoms with Gasteiger partial charge in [-0.15, -0.1) is 0 Å². The molecule has 5 aliphatic heterocycles. The quantitative estimate of drug-likeness (QED) is 0.626. The number of fused-ring (bicyclic) bond motifs is 7. The fraction of sp³-hybridized carbons (Fsp3) is 0.643. The Bertz CT molecular complexity index is 1070. The zero-order valence-corrected chi connectivity index (χ0v) is 20.4. The second-order valence-electron chi connectivity index (χ2n) is 11.4. The fourth-order valence-corrected chi connectivity index (χ4v) is 7.81. The normalized spacial score (nSPS) is 33.9. The number of hydrogen-bond acceptors (Lipinski definition) is 5. The van der Waals surface area contributed by atoms with Gasteiger partial charge >= 0.3 is 0 Å². The number of nitrogens with zero attached hydrogens (tertiary/aromatic N) is 3. The predicted molar refractivity (Wildman–Crippen MR) is 130 cm³/mol. The van der Waals surface area contributed by atoms with Crippen LogP contribution >= 0.6 is 0 Å². The van der Waals surface area contributed by atoms with E-state index in [1.54, 1.807) is 0 Å². The third-order valence-corrected chi connectivity index (χ3v) is 9.31. The van der Waals surface area contributed by atoms with Crippen LogP contribution in [0.2, 0.25) is 0 Å². The predicted octanol–water partition coefficient (Wildman–Crippen LogP) is 3.19. The van der Waals surface area contributed by atoms with Gasteiger partial charge in [-0.25, -0.2) is 0 Å². The van der Waals surface area contributed by atoms with Gasteiger partial charge in [0.2, 0.25) is 18.6 Å². The molecule has 7 rings (SSSR count). The Balaban J connectivity index is 1.07. The SMILES string of the molecule is O=C1CC(C(=O)N2CCCC3=CC4CC(CN5CCCCC45)C32)CN1Cc1ccc2c(c1)OCO2. The number of carbonyl (C=O) groups is 2. The first-order chi connectivity index (χ1) is 17.1. The monoisotopic (exact) mass is 477 g/mol. The van der Waals surface area contributed by atoms with Crippen molar-refractivity contribution < 1.29 is 19.1 Å². The summed E-state index contributed by atoms with van der Waals surface area (Å²) in [5.41, 5.74) is 2.52. The van der Waals surface area contributed by atoms with Gasteiger partial charge in [-0.3, -0.25) is 14.5 Å². The van der Waals surface area contributed by atoms with Crippen LogP contribution in [0.25, 0.3) is 0 Å². The van der Waals surface area contributed by atoms with Crippen LogP contribution in [-0.2, 0) is 16.1 Å². The van der Waals surface area contributed by atoms with Crippen LogP contribution < -0.4 is 9.47 Å². The lowest BCUT2D eigenvalue weighted by molar-refractivity contribution is -0.140. The molecule has 35 heavy (non-hydrogen) atoms. The summed E-state index contributed by atoms with van der Waals surface area (Å²) in [4.78, 5) is 33.5. The van der Waals surface area contributed by atoms with E-state index < -0.39 is 0 Å². The molecule has 6 aliphatic rings. The molecule has 2 amide bonds. The van der Waals surface area contributed by atoms with E-state index >= 15 is 0 Å². The fourth-order valence-electron chi connectivity index (χ4n) is 7.81. The Kier molecular flexibility index (Phi) is 5.30. The molecule has 5 atom stereocenters. The maximum absolute atomic E-state index is 13.9. The van der Waals surface area contributed by atoms with Crippen LogP contribution in [0.5, 0.6) is 11.5 Å². The van der Waals surface area contributed by atoms with E-state index in [4.69, 9.17) is 9.47 Å². The van der Waals surface area contributed by atoms with E-state index in [-0.39, 0.29) is 30.6 Å². The zero-order chi connectivity index (χ0) is 23.5. The molecule has 7 nitrogen and oxygen atoms in total. The summed E-state index contributed by atoms with van der Waals surface area (Å²) in [5.74, 6) is 2.72. The molecular weight excluding hydrogens is 442 g/mol. The Labute approximate surface area is 207 Å². The van der Waals surface area contributed by atoms with Crippen molar-refractivity contribution in [3.05, 3.63) is 35.4 Å². The van der Waals surface area contributed by atoms with Crippen LogP contribution in [-0.4, -0.2) is 71.6 Å². The second kappa shape index (κ2) is 8.54. The number of carbonyl (C=O) groups excluding carboxylic acids is 2. The van der Waals surface area contributed by atoms with Gasteiger partial charge in [0.15, 0.2) is 11.5 Å². The van der Waals surface area contributed by atoms with E-state index in [0.717, 1.165) is 49.0 Å². The molecule has 1 aromatic rings. The number of piperidine rings is 3. The van der Waals surface area contributed by atoms with Crippen LogP contribution in [0.15, 0.2) is 29.8 Å². The third kappa shape index (κ3) is 3.74. The minimum atomic E-state index is -0.236. The highest BCUT2D eigenvalue weighted by atomic mass is 16.7. The Hall–Kier alpha value is -2.54. The Morgan fingerprint density at radius 3 is 2.91 bits per heavy atom. The standard InChI is InChI=1S/C28H35N3O4/c32-26-13-22(16-30(26)14-18-6-7-24-25(10-18)35-17-34-24)28(33)31-9-3-4-19-11-20-12-21(27(19)31)15-29-8-2-1-5-23(20)29/h6-7,10-11,20-23,27H,1-5,8-9,12-17H2. The van der Waals surface area contributed by atoms with Gasteiger partial charge in [0.25, 0.3) is 0 Å². The molecule has 186 valence electrons. The van der Waals surface area contributed by atoms with Crippen LogP contribution in [0.3, 0.4) is 0 Å². The van der Waals surface area contributed by atoms with Crippen molar-refractivity contribution in [3.8, 4) is 11.5 Å². The summed E-state index contributed by atoms with van der Waals surface area (Å²) < 4.78 is 10.9. The van der Waals surface area contributed by atoms with Crippen LogP contribution in [0.1, 0.15) is 50.5 Å². The zero-order valence-electron chi connectivity index (χ0n) is 20.4. The van der Waals surface area contributed by atoms with E-state index in [0.29, 0.717) is 31.3 Å². The van der Waals surface area contributed by atoms with Gasteiger partial charge in [0.1, 0.15) is 0 Å². The molecule has 4 saturated heterocycles. The summed E-state index contributed by atoms with van der Waals surface area (Å²) in [6.45, 7) is 4.44. The number of amides is 2. The molecular formula is C28H35N3O4. The Morgan fingerprint density at radius 2 is 1.97 bits per heavy atom. The van der Waals surface area contributed by atoms with Crippen LogP contribution in [0.4, 0.5) is 0 Å². The van der Waals surface area contributed by atoms with Gasteiger partial charge in [-0.05, 0) is 68.2 Å². The molecule has 1 aromatic carbocycles. The molecule has 5 unspecified atom stereocenters. The number of hydrogen-bond donors (Lipinski definition) is 0. The van der Waals surface area contributed by atoms with E-state index in [9.17, 15) is 9.59 Å². The highest BCUT2D eigenvalue weighted by Gasteiger charge is 2.48. The maximum Gasteiger partial charge on any atom is 0.231 e. The van der Waals surface area contributed by atoms with Gasteiger partial charge in [0, 0.05) is 38.6 Å². The molecule has 0 spiro atoms. The number of rotatable bonds is 3. The van der Waals surface area contributed by atoms with Crippen molar-refractivity contribution in [2.45, 2.75) is 63.6 Å². The highest BCUT2D eigenvalue weighted by molar-refractivity contribution is 5.89. The molecule has 4 fully saturated rings. The van der Waals surface area contributed by atoms with Gasteiger partial charge in [-0.1, -0.05) is 24.1 Å². The van der Waals surface area contributed by atoms with Gasteiger partial charge in [0.05, 0.1) is 12.0 Å². The molecule has 0 N–H and O–H groups in total. The second-order valence-corrected chi connectivity index (χ2v) is 11.4.